The van der Waals surface area contributed by atoms with Crippen LogP contribution in [0.3, 0.4) is 0 Å². The van der Waals surface area contributed by atoms with Crippen LogP contribution in [-0.2, 0) is 30.0 Å². The van der Waals surface area contributed by atoms with Crippen molar-refractivity contribution in [3.63, 3.8) is 0 Å². The van der Waals surface area contributed by atoms with E-state index in [1.165, 1.54) is 14.1 Å². The molecule has 0 fully saturated rings. The Kier molecular flexibility index (Phi) is 6.01. The molecule has 2 heterocycles. The van der Waals surface area contributed by atoms with E-state index < -0.39 is 29.6 Å². The van der Waals surface area contributed by atoms with Crippen LogP contribution in [0.4, 0.5) is 5.82 Å². The SMILES string of the molecule is Cn1c(N)c(C(=O)COC(=O)CCc2ccc(-c3ccccc3)o2)c(=O)n(C)c1=O. The number of Topliss-reactive ketones (excluding diaryl/α,β-unsaturated/α-hetero) is 1. The average Bonchev–Trinajstić information content (AvgIpc) is 3.23. The summed E-state index contributed by atoms with van der Waals surface area (Å²) < 4.78 is 12.4. The maximum atomic E-state index is 12.3. The van der Waals surface area contributed by atoms with Crippen molar-refractivity contribution >= 4 is 17.6 Å². The first-order valence-corrected chi connectivity index (χ1v) is 9.18. The van der Waals surface area contributed by atoms with Crippen LogP contribution >= 0.6 is 0 Å². The molecule has 0 saturated heterocycles. The molecule has 3 aromatic rings. The van der Waals surface area contributed by atoms with E-state index in [0.29, 0.717) is 17.9 Å². The number of hydrogen-bond donors (Lipinski definition) is 1. The van der Waals surface area contributed by atoms with Crippen LogP contribution in [0, 0.1) is 0 Å². The van der Waals surface area contributed by atoms with Crippen molar-refractivity contribution in [3.8, 4) is 11.3 Å². The molecule has 0 radical (unpaired) electrons. The number of nitrogen functional groups attached to an aromatic ring is 1. The molecule has 30 heavy (non-hydrogen) atoms. The van der Waals surface area contributed by atoms with E-state index in [2.05, 4.69) is 0 Å². The number of ether oxygens (including phenoxy) is 1. The fourth-order valence-corrected chi connectivity index (χ4v) is 2.91. The topological polar surface area (TPSA) is 127 Å². The van der Waals surface area contributed by atoms with E-state index in [0.717, 1.165) is 14.7 Å². The maximum absolute atomic E-state index is 12.3. The minimum absolute atomic E-state index is 0.00418. The molecule has 1 aromatic carbocycles. The number of nitrogens with two attached hydrogens (primary N) is 1. The number of aryl methyl sites for hydroxylation is 1. The van der Waals surface area contributed by atoms with Crippen molar-refractivity contribution in [1.82, 2.24) is 9.13 Å². The van der Waals surface area contributed by atoms with Gasteiger partial charge < -0.3 is 14.9 Å². The summed E-state index contributed by atoms with van der Waals surface area (Å²) in [5.41, 5.74) is 4.78. The predicted molar refractivity (Wildman–Crippen MR) is 109 cm³/mol. The lowest BCUT2D eigenvalue weighted by Gasteiger charge is -2.10. The number of furan rings is 1. The highest BCUT2D eigenvalue weighted by molar-refractivity contribution is 6.01. The van der Waals surface area contributed by atoms with Crippen LogP contribution in [0.5, 0.6) is 0 Å². The molecule has 0 saturated carbocycles. The number of carbonyl (C=O) groups excluding carboxylic acids is 2. The summed E-state index contributed by atoms with van der Waals surface area (Å²) in [6.07, 6.45) is 0.291. The van der Waals surface area contributed by atoms with Gasteiger partial charge in [0.25, 0.3) is 5.56 Å². The average molecular weight is 411 g/mol. The lowest BCUT2D eigenvalue weighted by molar-refractivity contribution is -0.142. The molecule has 0 aliphatic rings. The third-order valence-corrected chi connectivity index (χ3v) is 4.65. The molecule has 0 bridgehead atoms. The van der Waals surface area contributed by atoms with Crippen molar-refractivity contribution in [2.24, 2.45) is 14.1 Å². The molecular weight excluding hydrogens is 390 g/mol. The normalized spacial score (nSPS) is 10.7. The van der Waals surface area contributed by atoms with Gasteiger partial charge in [-0.1, -0.05) is 30.3 Å². The Morgan fingerprint density at radius 3 is 2.43 bits per heavy atom. The Hall–Kier alpha value is -3.88. The second-order valence-corrected chi connectivity index (χ2v) is 6.68. The van der Waals surface area contributed by atoms with Gasteiger partial charge in [0.2, 0.25) is 5.78 Å². The standard InChI is InChI=1S/C21H21N3O6/c1-23-19(22)18(20(27)24(2)21(23)28)15(25)12-29-17(26)11-9-14-8-10-16(30-14)13-6-4-3-5-7-13/h3-8,10H,9,11-12,22H2,1-2H3. The van der Waals surface area contributed by atoms with Crippen molar-refractivity contribution < 1.29 is 18.7 Å². The van der Waals surface area contributed by atoms with Crippen molar-refractivity contribution in [3.05, 3.63) is 74.6 Å². The zero-order valence-electron chi connectivity index (χ0n) is 16.6. The summed E-state index contributed by atoms with van der Waals surface area (Å²) in [7, 11) is 2.58. The van der Waals surface area contributed by atoms with Crippen molar-refractivity contribution in [1.29, 1.82) is 0 Å². The lowest BCUT2D eigenvalue weighted by Crippen LogP contribution is -2.42. The fourth-order valence-electron chi connectivity index (χ4n) is 2.91. The third-order valence-electron chi connectivity index (χ3n) is 4.65. The summed E-state index contributed by atoms with van der Waals surface area (Å²) in [4.78, 5) is 48.3. The van der Waals surface area contributed by atoms with E-state index in [9.17, 15) is 19.2 Å². The van der Waals surface area contributed by atoms with Crippen LogP contribution in [0.1, 0.15) is 22.5 Å². The van der Waals surface area contributed by atoms with Crippen LogP contribution in [0.15, 0.2) is 56.5 Å². The second-order valence-electron chi connectivity index (χ2n) is 6.68. The highest BCUT2D eigenvalue weighted by Gasteiger charge is 2.21. The van der Waals surface area contributed by atoms with E-state index in [-0.39, 0.29) is 17.8 Å². The van der Waals surface area contributed by atoms with Gasteiger partial charge in [0, 0.05) is 26.1 Å². The fraction of sp³-hybridized carbons (Fsp3) is 0.238. The van der Waals surface area contributed by atoms with Gasteiger partial charge in [0.05, 0.1) is 6.42 Å². The van der Waals surface area contributed by atoms with Gasteiger partial charge in [-0.2, -0.15) is 0 Å². The van der Waals surface area contributed by atoms with E-state index in [1.54, 1.807) is 6.07 Å². The first-order valence-electron chi connectivity index (χ1n) is 9.18. The Morgan fingerprint density at radius 1 is 1.03 bits per heavy atom. The highest BCUT2D eigenvalue weighted by atomic mass is 16.5. The molecule has 156 valence electrons. The number of nitrogens with zero attached hydrogens (tertiary/aromatic N) is 2. The second kappa shape index (κ2) is 8.64. The van der Waals surface area contributed by atoms with E-state index in [1.807, 2.05) is 36.4 Å². The van der Waals surface area contributed by atoms with Gasteiger partial charge in [0.15, 0.2) is 6.61 Å². The predicted octanol–water partition coefficient (Wildman–Crippen LogP) is 1.28. The summed E-state index contributed by atoms with van der Waals surface area (Å²) in [6.45, 7) is -0.649. The Bertz CT molecular complexity index is 1200. The molecule has 3 rings (SSSR count). The monoisotopic (exact) mass is 411 g/mol. The van der Waals surface area contributed by atoms with Gasteiger partial charge in [-0.15, -0.1) is 0 Å². The molecule has 9 nitrogen and oxygen atoms in total. The van der Waals surface area contributed by atoms with Gasteiger partial charge >= 0.3 is 11.7 Å². The molecule has 0 aliphatic carbocycles. The van der Waals surface area contributed by atoms with Gasteiger partial charge in [0.1, 0.15) is 22.9 Å². The number of esters is 1. The van der Waals surface area contributed by atoms with Gasteiger partial charge in [-0.25, -0.2) is 4.79 Å². The maximum Gasteiger partial charge on any atom is 0.332 e. The zero-order chi connectivity index (χ0) is 21.8. The number of hydrogen-bond acceptors (Lipinski definition) is 7. The molecule has 2 N–H and O–H groups in total. The van der Waals surface area contributed by atoms with Crippen molar-refractivity contribution in [2.75, 3.05) is 12.3 Å². The number of anilines is 1. The van der Waals surface area contributed by atoms with Gasteiger partial charge in [-0.3, -0.25) is 23.5 Å². The van der Waals surface area contributed by atoms with Crippen LogP contribution in [0.2, 0.25) is 0 Å². The van der Waals surface area contributed by atoms with Crippen LogP contribution < -0.4 is 17.0 Å². The first-order chi connectivity index (χ1) is 14.3. The smallest absolute Gasteiger partial charge is 0.332 e. The first kappa shape index (κ1) is 20.8. The Labute approximate surface area is 171 Å². The summed E-state index contributed by atoms with van der Waals surface area (Å²) >= 11 is 0. The lowest BCUT2D eigenvalue weighted by atomic mass is 10.2. The summed E-state index contributed by atoms with van der Waals surface area (Å²) in [5, 5.41) is 0. The molecule has 0 atom stereocenters. The number of ketones is 1. The molecule has 9 heteroatoms. The molecule has 2 aromatic heterocycles. The minimum atomic E-state index is -0.833. The molecule has 0 amide bonds. The molecular formula is C21H21N3O6. The van der Waals surface area contributed by atoms with Gasteiger partial charge in [-0.05, 0) is 12.1 Å². The highest BCUT2D eigenvalue weighted by Crippen LogP contribution is 2.22. The number of benzene rings is 1. The Balaban J connectivity index is 1.58. The zero-order valence-corrected chi connectivity index (χ0v) is 16.6. The number of rotatable bonds is 7. The number of aromatic nitrogens is 2. The summed E-state index contributed by atoms with van der Waals surface area (Å²) in [5.74, 6) is -0.376. The molecule has 0 aliphatic heterocycles. The van der Waals surface area contributed by atoms with E-state index >= 15 is 0 Å². The van der Waals surface area contributed by atoms with Crippen LogP contribution in [-0.4, -0.2) is 27.5 Å². The molecule has 0 spiro atoms. The quantitative estimate of drug-likeness (QED) is 0.458. The molecule has 0 unspecified atom stereocenters. The van der Waals surface area contributed by atoms with Crippen molar-refractivity contribution in [2.45, 2.75) is 12.8 Å². The van der Waals surface area contributed by atoms with Crippen LogP contribution in [0.25, 0.3) is 11.3 Å². The van der Waals surface area contributed by atoms with E-state index in [4.69, 9.17) is 14.9 Å². The number of carbonyl (C=O) groups is 2. The Morgan fingerprint density at radius 2 is 1.73 bits per heavy atom. The minimum Gasteiger partial charge on any atom is -0.461 e. The largest absolute Gasteiger partial charge is 0.461 e. The third kappa shape index (κ3) is 4.24. The summed E-state index contributed by atoms with van der Waals surface area (Å²) in [6, 6.07) is 13.1.